The topological polar surface area (TPSA) is 67.4 Å². The molecule has 2 rings (SSSR count). The molecule has 1 unspecified atom stereocenters. The van der Waals surface area contributed by atoms with Crippen LogP contribution in [0.25, 0.3) is 0 Å². The first-order valence-electron chi connectivity index (χ1n) is 7.11. The van der Waals surface area contributed by atoms with Crippen LogP contribution in [0.2, 0.25) is 5.02 Å². The number of sulfonamides is 1. The minimum atomic E-state index is -3.53. The third-order valence-electron chi connectivity index (χ3n) is 3.24. The van der Waals surface area contributed by atoms with Crippen LogP contribution in [0.15, 0.2) is 53.4 Å². The Bertz CT molecular complexity index is 748. The van der Waals surface area contributed by atoms with Crippen molar-refractivity contribution in [2.45, 2.75) is 17.9 Å². The van der Waals surface area contributed by atoms with Crippen molar-refractivity contribution in [3.8, 4) is 11.5 Å². The molecule has 0 amide bonds. The lowest BCUT2D eigenvalue weighted by molar-refractivity contribution is 0.482. The number of hydrogen-bond acceptors (Lipinski definition) is 4. The van der Waals surface area contributed by atoms with Gasteiger partial charge in [0.2, 0.25) is 10.0 Å². The number of rotatable bonds is 7. The molecular formula is C16H19ClN2O3S. The monoisotopic (exact) mass is 354 g/mol. The highest BCUT2D eigenvalue weighted by molar-refractivity contribution is 7.89. The van der Waals surface area contributed by atoms with E-state index in [-0.39, 0.29) is 10.9 Å². The van der Waals surface area contributed by atoms with Crippen LogP contribution in [-0.2, 0) is 10.0 Å². The number of halogens is 1. The molecule has 23 heavy (non-hydrogen) atoms. The molecule has 0 heterocycles. The molecule has 7 heteroatoms. The highest BCUT2D eigenvalue weighted by Gasteiger charge is 2.14. The second-order valence-corrected chi connectivity index (χ2v) is 7.28. The lowest BCUT2D eigenvalue weighted by Crippen LogP contribution is -2.37. The van der Waals surface area contributed by atoms with E-state index in [0.717, 1.165) is 0 Å². The van der Waals surface area contributed by atoms with Crippen molar-refractivity contribution in [2.24, 2.45) is 0 Å². The second-order valence-electron chi connectivity index (χ2n) is 5.07. The zero-order valence-corrected chi connectivity index (χ0v) is 14.5. The molecular weight excluding hydrogens is 336 g/mol. The van der Waals surface area contributed by atoms with Crippen LogP contribution < -0.4 is 14.8 Å². The van der Waals surface area contributed by atoms with E-state index in [1.807, 2.05) is 6.92 Å². The molecule has 0 aliphatic carbocycles. The van der Waals surface area contributed by atoms with E-state index < -0.39 is 10.0 Å². The van der Waals surface area contributed by atoms with E-state index in [0.29, 0.717) is 23.1 Å². The Kier molecular flexibility index (Phi) is 6.01. The van der Waals surface area contributed by atoms with Gasteiger partial charge in [-0.3, -0.25) is 0 Å². The summed E-state index contributed by atoms with van der Waals surface area (Å²) in [5.41, 5.74) is 0. The molecule has 0 fully saturated rings. The molecule has 2 aromatic carbocycles. The average molecular weight is 355 g/mol. The maximum Gasteiger partial charge on any atom is 0.240 e. The van der Waals surface area contributed by atoms with E-state index in [9.17, 15) is 8.42 Å². The Balaban J connectivity index is 2.06. The van der Waals surface area contributed by atoms with Gasteiger partial charge in [-0.15, -0.1) is 0 Å². The van der Waals surface area contributed by atoms with E-state index in [2.05, 4.69) is 10.0 Å². The summed E-state index contributed by atoms with van der Waals surface area (Å²) in [5.74, 6) is 1.13. The molecule has 0 spiro atoms. The minimum Gasteiger partial charge on any atom is -0.457 e. The largest absolute Gasteiger partial charge is 0.457 e. The van der Waals surface area contributed by atoms with Crippen molar-refractivity contribution in [3.63, 3.8) is 0 Å². The standard InChI is InChI=1S/C16H19ClN2O3S/c1-12(18-2)11-19-23(20,21)16-8-6-14(7-9-16)22-15-5-3-4-13(17)10-15/h3-10,12,18-19H,11H2,1-2H3. The summed E-state index contributed by atoms with van der Waals surface area (Å²) >= 11 is 5.90. The Hall–Kier alpha value is -1.60. The molecule has 0 saturated carbocycles. The number of nitrogens with one attached hydrogen (secondary N) is 2. The fourth-order valence-corrected chi connectivity index (χ4v) is 3.08. The van der Waals surface area contributed by atoms with Gasteiger partial charge in [0, 0.05) is 17.6 Å². The summed E-state index contributed by atoms with van der Waals surface area (Å²) < 4.78 is 32.5. The smallest absolute Gasteiger partial charge is 0.240 e. The van der Waals surface area contributed by atoms with E-state index in [1.54, 1.807) is 43.4 Å². The lowest BCUT2D eigenvalue weighted by atomic mass is 10.3. The molecule has 0 aliphatic heterocycles. The van der Waals surface area contributed by atoms with Crippen LogP contribution in [0, 0.1) is 0 Å². The maximum atomic E-state index is 12.2. The van der Waals surface area contributed by atoms with Crippen molar-refractivity contribution in [3.05, 3.63) is 53.6 Å². The Labute approximate surface area is 141 Å². The van der Waals surface area contributed by atoms with Gasteiger partial charge in [-0.05, 0) is 56.4 Å². The quantitative estimate of drug-likeness (QED) is 0.802. The van der Waals surface area contributed by atoms with Gasteiger partial charge in [-0.2, -0.15) is 0 Å². The minimum absolute atomic E-state index is 0.0511. The third kappa shape index (κ3) is 5.21. The van der Waals surface area contributed by atoms with Crippen molar-refractivity contribution < 1.29 is 13.2 Å². The predicted octanol–water partition coefficient (Wildman–Crippen LogP) is 3.02. The Morgan fingerprint density at radius 2 is 1.83 bits per heavy atom. The van der Waals surface area contributed by atoms with Gasteiger partial charge in [0.05, 0.1) is 4.90 Å². The third-order valence-corrected chi connectivity index (χ3v) is 4.91. The summed E-state index contributed by atoms with van der Waals surface area (Å²) in [6.07, 6.45) is 0. The van der Waals surface area contributed by atoms with Gasteiger partial charge in [0.25, 0.3) is 0 Å². The molecule has 0 saturated heterocycles. The van der Waals surface area contributed by atoms with Gasteiger partial charge in [0.1, 0.15) is 11.5 Å². The van der Waals surface area contributed by atoms with Gasteiger partial charge in [0.15, 0.2) is 0 Å². The highest BCUT2D eigenvalue weighted by Crippen LogP contribution is 2.25. The molecule has 1 atom stereocenters. The highest BCUT2D eigenvalue weighted by atomic mass is 35.5. The molecule has 0 aromatic heterocycles. The summed E-state index contributed by atoms with van der Waals surface area (Å²) in [4.78, 5) is 0.194. The van der Waals surface area contributed by atoms with Gasteiger partial charge < -0.3 is 10.1 Å². The van der Waals surface area contributed by atoms with E-state index >= 15 is 0 Å². The van der Waals surface area contributed by atoms with Gasteiger partial charge in [-0.1, -0.05) is 17.7 Å². The fourth-order valence-electron chi connectivity index (χ4n) is 1.77. The van der Waals surface area contributed by atoms with Crippen LogP contribution >= 0.6 is 11.6 Å². The fraction of sp³-hybridized carbons (Fsp3) is 0.250. The SMILES string of the molecule is CNC(C)CNS(=O)(=O)c1ccc(Oc2cccc(Cl)c2)cc1. The van der Waals surface area contributed by atoms with Crippen molar-refractivity contribution in [1.82, 2.24) is 10.0 Å². The number of benzene rings is 2. The average Bonchev–Trinajstić information content (AvgIpc) is 2.53. The zero-order chi connectivity index (χ0) is 16.9. The lowest BCUT2D eigenvalue weighted by Gasteiger charge is -2.12. The van der Waals surface area contributed by atoms with Gasteiger partial charge in [-0.25, -0.2) is 13.1 Å². The first-order chi connectivity index (χ1) is 10.9. The molecule has 0 radical (unpaired) electrons. The normalized spacial score (nSPS) is 12.8. The molecule has 2 aromatic rings. The summed E-state index contributed by atoms with van der Waals surface area (Å²) in [7, 11) is -1.75. The summed E-state index contributed by atoms with van der Waals surface area (Å²) in [6, 6.07) is 13.3. The van der Waals surface area contributed by atoms with Crippen LogP contribution in [0.4, 0.5) is 0 Å². The van der Waals surface area contributed by atoms with Crippen molar-refractivity contribution in [2.75, 3.05) is 13.6 Å². The Morgan fingerprint density at radius 3 is 2.43 bits per heavy atom. The number of hydrogen-bond donors (Lipinski definition) is 2. The molecule has 5 nitrogen and oxygen atoms in total. The maximum absolute atomic E-state index is 12.2. The van der Waals surface area contributed by atoms with Crippen LogP contribution in [0.5, 0.6) is 11.5 Å². The second kappa shape index (κ2) is 7.79. The van der Waals surface area contributed by atoms with Crippen molar-refractivity contribution >= 4 is 21.6 Å². The first kappa shape index (κ1) is 17.7. The van der Waals surface area contributed by atoms with E-state index in [1.165, 1.54) is 12.1 Å². The number of ether oxygens (including phenoxy) is 1. The summed E-state index contributed by atoms with van der Waals surface area (Å²) in [6.45, 7) is 2.21. The molecule has 2 N–H and O–H groups in total. The number of likely N-dealkylation sites (N-methyl/N-ethyl adjacent to an activating group) is 1. The molecule has 124 valence electrons. The molecule has 0 bridgehead atoms. The van der Waals surface area contributed by atoms with Gasteiger partial charge >= 0.3 is 0 Å². The van der Waals surface area contributed by atoms with Crippen LogP contribution in [0.1, 0.15) is 6.92 Å². The Morgan fingerprint density at radius 1 is 1.13 bits per heavy atom. The molecule has 0 aliphatic rings. The van der Waals surface area contributed by atoms with Crippen LogP contribution in [0.3, 0.4) is 0 Å². The zero-order valence-electron chi connectivity index (χ0n) is 12.9. The first-order valence-corrected chi connectivity index (χ1v) is 8.97. The summed E-state index contributed by atoms with van der Waals surface area (Å²) in [5, 5.41) is 3.55. The van der Waals surface area contributed by atoms with E-state index in [4.69, 9.17) is 16.3 Å². The predicted molar refractivity (Wildman–Crippen MR) is 91.7 cm³/mol. The van der Waals surface area contributed by atoms with Crippen LogP contribution in [-0.4, -0.2) is 28.1 Å². The van der Waals surface area contributed by atoms with Crippen molar-refractivity contribution in [1.29, 1.82) is 0 Å².